The summed E-state index contributed by atoms with van der Waals surface area (Å²) in [7, 11) is 0. The Balaban J connectivity index is 1.99. The summed E-state index contributed by atoms with van der Waals surface area (Å²) in [5, 5.41) is 19.3. The Kier molecular flexibility index (Phi) is 4.46. The van der Waals surface area contributed by atoms with E-state index in [-0.39, 0.29) is 19.1 Å². The normalized spacial score (nSPS) is 11.1. The van der Waals surface area contributed by atoms with Gasteiger partial charge in [-0.3, -0.25) is 9.20 Å². The molecule has 8 heteroatoms. The lowest BCUT2D eigenvalue weighted by molar-refractivity contribution is 0.0840. The molecule has 0 spiro atoms. The smallest absolute Gasteiger partial charge is 0.263 e. The number of hydrogen-bond acceptors (Lipinski definition) is 6. The molecule has 2 N–H and O–H groups in total. The van der Waals surface area contributed by atoms with Gasteiger partial charge in [-0.15, -0.1) is 10.2 Å². The van der Waals surface area contributed by atoms with E-state index < -0.39 is 0 Å². The van der Waals surface area contributed by atoms with E-state index in [0.29, 0.717) is 18.0 Å². The number of hydrogen-bond donors (Lipinski definition) is 2. The SMILES string of the molecule is Cc1nnc2sc(C(=O)NCCOCCO)c(C)n12. The second-order valence-corrected chi connectivity index (χ2v) is 4.95. The Bertz CT molecular complexity index is 578. The highest BCUT2D eigenvalue weighted by Crippen LogP contribution is 2.22. The maximum Gasteiger partial charge on any atom is 0.263 e. The number of fused-ring (bicyclic) bond motifs is 1. The van der Waals surface area contributed by atoms with Crippen LogP contribution in [0.1, 0.15) is 21.2 Å². The van der Waals surface area contributed by atoms with Gasteiger partial charge in [0.2, 0.25) is 4.96 Å². The van der Waals surface area contributed by atoms with Crippen molar-refractivity contribution in [1.82, 2.24) is 19.9 Å². The predicted octanol–water partition coefficient (Wildman–Crippen LogP) is 0.146. The van der Waals surface area contributed by atoms with E-state index in [2.05, 4.69) is 15.5 Å². The topological polar surface area (TPSA) is 88.8 Å². The number of thiazole rings is 1. The molecule has 0 saturated heterocycles. The molecule has 0 atom stereocenters. The van der Waals surface area contributed by atoms with Gasteiger partial charge in [0.05, 0.1) is 19.8 Å². The van der Waals surface area contributed by atoms with Gasteiger partial charge in [0.25, 0.3) is 5.91 Å². The van der Waals surface area contributed by atoms with Crippen LogP contribution < -0.4 is 5.32 Å². The molecule has 0 saturated carbocycles. The van der Waals surface area contributed by atoms with Crippen LogP contribution in [0.15, 0.2) is 0 Å². The fourth-order valence-electron chi connectivity index (χ4n) is 1.76. The third-order valence-corrected chi connectivity index (χ3v) is 3.76. The van der Waals surface area contributed by atoms with Gasteiger partial charge in [0, 0.05) is 12.2 Å². The molecule has 0 bridgehead atoms. The predicted molar refractivity (Wildman–Crippen MR) is 70.6 cm³/mol. The standard InChI is InChI=1S/C11H16N4O3S/c1-7-9(10(17)12-3-5-18-6-4-16)19-11-14-13-8(2)15(7)11/h16H,3-6H2,1-2H3,(H,12,17). The minimum atomic E-state index is -0.139. The van der Waals surface area contributed by atoms with E-state index >= 15 is 0 Å². The van der Waals surface area contributed by atoms with Crippen LogP contribution in [0, 0.1) is 13.8 Å². The number of aliphatic hydroxyl groups is 1. The van der Waals surface area contributed by atoms with Crippen LogP contribution >= 0.6 is 11.3 Å². The Morgan fingerprint density at radius 1 is 1.42 bits per heavy atom. The third-order valence-electron chi connectivity index (χ3n) is 2.63. The maximum absolute atomic E-state index is 12.0. The fourth-order valence-corrected chi connectivity index (χ4v) is 2.78. The Morgan fingerprint density at radius 2 is 2.21 bits per heavy atom. The maximum atomic E-state index is 12.0. The number of amides is 1. The van der Waals surface area contributed by atoms with Crippen molar-refractivity contribution < 1.29 is 14.6 Å². The zero-order chi connectivity index (χ0) is 13.8. The number of nitrogens with one attached hydrogen (secondary N) is 1. The summed E-state index contributed by atoms with van der Waals surface area (Å²) in [6.07, 6.45) is 0. The molecule has 7 nitrogen and oxygen atoms in total. The summed E-state index contributed by atoms with van der Waals surface area (Å²) < 4.78 is 6.94. The molecule has 0 fully saturated rings. The van der Waals surface area contributed by atoms with E-state index in [4.69, 9.17) is 9.84 Å². The number of nitrogens with zero attached hydrogens (tertiary/aromatic N) is 3. The highest BCUT2D eigenvalue weighted by Gasteiger charge is 2.17. The molecule has 104 valence electrons. The molecule has 0 radical (unpaired) electrons. The van der Waals surface area contributed by atoms with Crippen LogP contribution in [-0.4, -0.2) is 52.0 Å². The molecule has 0 aliphatic rings. The molecule has 0 aliphatic heterocycles. The summed E-state index contributed by atoms with van der Waals surface area (Å²) in [5.74, 6) is 0.633. The number of aliphatic hydroxyl groups excluding tert-OH is 1. The number of aromatic nitrogens is 3. The van der Waals surface area contributed by atoms with Crippen LogP contribution in [0.4, 0.5) is 0 Å². The van der Waals surface area contributed by atoms with Crippen LogP contribution in [0.3, 0.4) is 0 Å². The highest BCUT2D eigenvalue weighted by molar-refractivity contribution is 7.19. The molecule has 2 rings (SSSR count). The van der Waals surface area contributed by atoms with Crippen molar-refractivity contribution >= 4 is 22.2 Å². The van der Waals surface area contributed by atoms with Crippen molar-refractivity contribution in [2.24, 2.45) is 0 Å². The van der Waals surface area contributed by atoms with Gasteiger partial charge >= 0.3 is 0 Å². The van der Waals surface area contributed by atoms with Crippen molar-refractivity contribution in [2.75, 3.05) is 26.4 Å². The van der Waals surface area contributed by atoms with Crippen LogP contribution in [0.2, 0.25) is 0 Å². The van der Waals surface area contributed by atoms with Gasteiger partial charge in [0.15, 0.2) is 0 Å². The zero-order valence-electron chi connectivity index (χ0n) is 10.8. The summed E-state index contributed by atoms with van der Waals surface area (Å²) in [4.78, 5) is 13.4. The first-order valence-corrected chi connectivity index (χ1v) is 6.74. The lowest BCUT2D eigenvalue weighted by Gasteiger charge is -2.04. The highest BCUT2D eigenvalue weighted by atomic mass is 32.1. The molecule has 2 aromatic heterocycles. The molecule has 1 amide bonds. The van der Waals surface area contributed by atoms with Crippen molar-refractivity contribution in [3.05, 3.63) is 16.4 Å². The van der Waals surface area contributed by atoms with E-state index in [1.165, 1.54) is 11.3 Å². The number of aryl methyl sites for hydroxylation is 2. The molecule has 0 aliphatic carbocycles. The van der Waals surface area contributed by atoms with Gasteiger partial charge in [-0.05, 0) is 13.8 Å². The van der Waals surface area contributed by atoms with E-state index in [9.17, 15) is 4.79 Å². The first-order chi connectivity index (χ1) is 9.15. The van der Waals surface area contributed by atoms with Crippen molar-refractivity contribution in [3.63, 3.8) is 0 Å². The zero-order valence-corrected chi connectivity index (χ0v) is 11.7. The molecule has 2 heterocycles. The minimum absolute atomic E-state index is 0.0124. The van der Waals surface area contributed by atoms with Gasteiger partial charge in [-0.2, -0.15) is 0 Å². The van der Waals surface area contributed by atoms with E-state index in [1.54, 1.807) is 0 Å². The lowest BCUT2D eigenvalue weighted by atomic mass is 10.3. The third kappa shape index (κ3) is 2.91. The summed E-state index contributed by atoms with van der Waals surface area (Å²) >= 11 is 1.32. The van der Waals surface area contributed by atoms with Crippen molar-refractivity contribution in [1.29, 1.82) is 0 Å². The molecular weight excluding hydrogens is 268 g/mol. The Hall–Kier alpha value is -1.51. The minimum Gasteiger partial charge on any atom is -0.394 e. The second-order valence-electron chi connectivity index (χ2n) is 3.97. The first kappa shape index (κ1) is 13.9. The Morgan fingerprint density at radius 3 is 2.89 bits per heavy atom. The lowest BCUT2D eigenvalue weighted by Crippen LogP contribution is -2.27. The Labute approximate surface area is 114 Å². The van der Waals surface area contributed by atoms with Crippen molar-refractivity contribution in [2.45, 2.75) is 13.8 Å². The van der Waals surface area contributed by atoms with Crippen LogP contribution in [0.25, 0.3) is 4.96 Å². The van der Waals surface area contributed by atoms with Gasteiger partial charge in [-0.1, -0.05) is 11.3 Å². The molecule has 2 aromatic rings. The van der Waals surface area contributed by atoms with Gasteiger partial charge in [-0.25, -0.2) is 0 Å². The summed E-state index contributed by atoms with van der Waals surface area (Å²) in [6, 6.07) is 0. The number of rotatable bonds is 6. The molecule has 0 unspecified atom stereocenters. The fraction of sp³-hybridized carbons (Fsp3) is 0.545. The molecular formula is C11H16N4O3S. The van der Waals surface area contributed by atoms with Crippen molar-refractivity contribution in [3.8, 4) is 0 Å². The number of carbonyl (C=O) groups is 1. The quantitative estimate of drug-likeness (QED) is 0.737. The van der Waals surface area contributed by atoms with Crippen LogP contribution in [-0.2, 0) is 4.74 Å². The van der Waals surface area contributed by atoms with Crippen LogP contribution in [0.5, 0.6) is 0 Å². The number of ether oxygens (including phenoxy) is 1. The summed E-state index contributed by atoms with van der Waals surface area (Å²) in [6.45, 7) is 4.79. The average molecular weight is 284 g/mol. The first-order valence-electron chi connectivity index (χ1n) is 5.93. The largest absolute Gasteiger partial charge is 0.394 e. The molecule has 19 heavy (non-hydrogen) atoms. The van der Waals surface area contributed by atoms with E-state index in [0.717, 1.165) is 16.5 Å². The average Bonchev–Trinajstić information content (AvgIpc) is 2.91. The summed E-state index contributed by atoms with van der Waals surface area (Å²) in [5.41, 5.74) is 0.844. The number of carbonyl (C=O) groups excluding carboxylic acids is 1. The molecule has 0 aromatic carbocycles. The monoisotopic (exact) mass is 284 g/mol. The van der Waals surface area contributed by atoms with E-state index in [1.807, 2.05) is 18.2 Å². The van der Waals surface area contributed by atoms with Gasteiger partial charge in [0.1, 0.15) is 10.7 Å². The second kappa shape index (κ2) is 6.09. The van der Waals surface area contributed by atoms with Gasteiger partial charge < -0.3 is 15.2 Å².